The molecular weight excluding hydrogens is 343 g/mol. The number of carbonyl (C=O) groups is 1. The summed E-state index contributed by atoms with van der Waals surface area (Å²) < 4.78 is 13.2. The SMILES string of the molecule is O=C(c1cnccn1)N1CCC[C@@H](c2cccc(-c3ccc(F)cc3)n2)C1. The molecule has 5 nitrogen and oxygen atoms in total. The monoisotopic (exact) mass is 362 g/mol. The lowest BCUT2D eigenvalue weighted by atomic mass is 9.93. The Kier molecular flexibility index (Phi) is 4.87. The minimum Gasteiger partial charge on any atom is -0.337 e. The van der Waals surface area contributed by atoms with Gasteiger partial charge in [-0.15, -0.1) is 0 Å². The molecule has 3 aromatic rings. The van der Waals surface area contributed by atoms with E-state index in [4.69, 9.17) is 4.98 Å². The van der Waals surface area contributed by atoms with Gasteiger partial charge in [0.2, 0.25) is 0 Å². The summed E-state index contributed by atoms with van der Waals surface area (Å²) in [5.41, 5.74) is 3.01. The van der Waals surface area contributed by atoms with Crippen molar-refractivity contribution in [3.05, 3.63) is 78.3 Å². The van der Waals surface area contributed by atoms with Gasteiger partial charge in [-0.1, -0.05) is 6.07 Å². The molecule has 0 aliphatic carbocycles. The lowest BCUT2D eigenvalue weighted by Crippen LogP contribution is -2.39. The molecule has 2 aromatic heterocycles. The van der Waals surface area contributed by atoms with E-state index < -0.39 is 0 Å². The van der Waals surface area contributed by atoms with E-state index in [1.807, 2.05) is 23.1 Å². The fourth-order valence-corrected chi connectivity index (χ4v) is 3.43. The number of likely N-dealkylation sites (tertiary alicyclic amines) is 1. The van der Waals surface area contributed by atoms with Crippen LogP contribution in [0.5, 0.6) is 0 Å². The third kappa shape index (κ3) is 3.84. The van der Waals surface area contributed by atoms with Crippen LogP contribution in [-0.2, 0) is 0 Å². The standard InChI is InChI=1S/C21H19FN4O/c22-17-8-6-15(7-9-17)18-4-1-5-19(25-18)16-3-2-12-26(14-16)21(27)20-13-23-10-11-24-20/h1,4-11,13,16H,2-3,12,14H2/t16-/m1/s1. The molecule has 1 amide bonds. The third-order valence-corrected chi connectivity index (χ3v) is 4.82. The molecule has 4 rings (SSSR count). The Morgan fingerprint density at radius 3 is 2.74 bits per heavy atom. The van der Waals surface area contributed by atoms with Gasteiger partial charge in [0.1, 0.15) is 11.5 Å². The first kappa shape index (κ1) is 17.3. The number of rotatable bonds is 3. The number of pyridine rings is 1. The van der Waals surface area contributed by atoms with Crippen molar-refractivity contribution in [3.8, 4) is 11.3 Å². The van der Waals surface area contributed by atoms with Crippen LogP contribution in [0.4, 0.5) is 4.39 Å². The number of aromatic nitrogens is 3. The minimum absolute atomic E-state index is 0.0949. The molecule has 1 aliphatic rings. The first-order valence-electron chi connectivity index (χ1n) is 8.99. The average molecular weight is 362 g/mol. The number of nitrogens with zero attached hydrogens (tertiary/aromatic N) is 4. The Labute approximate surface area is 156 Å². The van der Waals surface area contributed by atoms with E-state index in [0.29, 0.717) is 18.8 Å². The second-order valence-electron chi connectivity index (χ2n) is 6.64. The molecule has 6 heteroatoms. The highest BCUT2D eigenvalue weighted by atomic mass is 19.1. The van der Waals surface area contributed by atoms with Gasteiger partial charge in [-0.2, -0.15) is 0 Å². The maximum absolute atomic E-state index is 13.2. The molecule has 0 saturated carbocycles. The molecule has 1 atom stereocenters. The third-order valence-electron chi connectivity index (χ3n) is 4.82. The van der Waals surface area contributed by atoms with Gasteiger partial charge < -0.3 is 4.90 Å². The van der Waals surface area contributed by atoms with Crippen LogP contribution in [0.2, 0.25) is 0 Å². The zero-order chi connectivity index (χ0) is 18.6. The van der Waals surface area contributed by atoms with Crippen molar-refractivity contribution in [2.45, 2.75) is 18.8 Å². The minimum atomic E-state index is -0.264. The van der Waals surface area contributed by atoms with Crippen molar-refractivity contribution in [1.29, 1.82) is 0 Å². The molecular formula is C21H19FN4O. The predicted molar refractivity (Wildman–Crippen MR) is 99.5 cm³/mol. The van der Waals surface area contributed by atoms with Crippen LogP contribution in [0.3, 0.4) is 0 Å². The van der Waals surface area contributed by atoms with Gasteiger partial charge >= 0.3 is 0 Å². The number of hydrogen-bond donors (Lipinski definition) is 0. The van der Waals surface area contributed by atoms with E-state index in [1.54, 1.807) is 18.3 Å². The quantitative estimate of drug-likeness (QED) is 0.713. The summed E-state index contributed by atoms with van der Waals surface area (Å²) in [5.74, 6) is -0.192. The van der Waals surface area contributed by atoms with Crippen LogP contribution in [0.1, 0.15) is 34.9 Å². The predicted octanol–water partition coefficient (Wildman–Crippen LogP) is 3.70. The van der Waals surface area contributed by atoms with Crippen molar-refractivity contribution >= 4 is 5.91 Å². The van der Waals surface area contributed by atoms with Crippen molar-refractivity contribution in [2.24, 2.45) is 0 Å². The van der Waals surface area contributed by atoms with Crippen LogP contribution in [0.25, 0.3) is 11.3 Å². The number of benzene rings is 1. The van der Waals surface area contributed by atoms with Gasteiger partial charge in [-0.25, -0.2) is 9.37 Å². The maximum atomic E-state index is 13.2. The van der Waals surface area contributed by atoms with E-state index in [1.165, 1.54) is 24.5 Å². The van der Waals surface area contributed by atoms with Crippen LogP contribution < -0.4 is 0 Å². The summed E-state index contributed by atoms with van der Waals surface area (Å²) >= 11 is 0. The fourth-order valence-electron chi connectivity index (χ4n) is 3.43. The van der Waals surface area contributed by atoms with Gasteiger partial charge in [0.05, 0.1) is 11.9 Å². The van der Waals surface area contributed by atoms with Crippen LogP contribution >= 0.6 is 0 Å². The smallest absolute Gasteiger partial charge is 0.274 e. The van der Waals surface area contributed by atoms with E-state index in [2.05, 4.69) is 9.97 Å². The van der Waals surface area contributed by atoms with Crippen LogP contribution in [-0.4, -0.2) is 38.8 Å². The Bertz CT molecular complexity index is 930. The molecule has 1 saturated heterocycles. The lowest BCUT2D eigenvalue weighted by Gasteiger charge is -2.32. The summed E-state index contributed by atoms with van der Waals surface area (Å²) in [5, 5.41) is 0. The average Bonchev–Trinajstić information content (AvgIpc) is 2.74. The van der Waals surface area contributed by atoms with Crippen molar-refractivity contribution in [2.75, 3.05) is 13.1 Å². The Balaban J connectivity index is 1.54. The summed E-state index contributed by atoms with van der Waals surface area (Å²) in [7, 11) is 0. The van der Waals surface area contributed by atoms with Crippen molar-refractivity contribution < 1.29 is 9.18 Å². The molecule has 0 bridgehead atoms. The number of amides is 1. The summed E-state index contributed by atoms with van der Waals surface area (Å²) in [6.45, 7) is 1.32. The molecule has 1 aliphatic heterocycles. The zero-order valence-electron chi connectivity index (χ0n) is 14.8. The van der Waals surface area contributed by atoms with E-state index in [0.717, 1.165) is 29.8 Å². The molecule has 3 heterocycles. The lowest BCUT2D eigenvalue weighted by molar-refractivity contribution is 0.0699. The molecule has 1 fully saturated rings. The molecule has 0 spiro atoms. The fraction of sp³-hybridized carbons (Fsp3) is 0.238. The zero-order valence-corrected chi connectivity index (χ0v) is 14.8. The number of hydrogen-bond acceptors (Lipinski definition) is 4. The van der Waals surface area contributed by atoms with Gasteiger partial charge in [-0.3, -0.25) is 14.8 Å². The second kappa shape index (κ2) is 7.61. The molecule has 1 aromatic carbocycles. The molecule has 0 radical (unpaired) electrons. The normalized spacial score (nSPS) is 16.9. The highest BCUT2D eigenvalue weighted by Crippen LogP contribution is 2.28. The van der Waals surface area contributed by atoms with Gasteiger partial charge in [-0.05, 0) is 49.2 Å². The first-order chi connectivity index (χ1) is 13.2. The molecule has 27 heavy (non-hydrogen) atoms. The number of piperidine rings is 1. The summed E-state index contributed by atoms with van der Waals surface area (Å²) in [4.78, 5) is 27.4. The number of halogens is 1. The van der Waals surface area contributed by atoms with Gasteiger partial charge in [0.25, 0.3) is 5.91 Å². The Morgan fingerprint density at radius 2 is 1.96 bits per heavy atom. The maximum Gasteiger partial charge on any atom is 0.274 e. The Morgan fingerprint density at radius 1 is 1.11 bits per heavy atom. The van der Waals surface area contributed by atoms with Crippen molar-refractivity contribution in [3.63, 3.8) is 0 Å². The summed E-state index contributed by atoms with van der Waals surface area (Å²) in [6, 6.07) is 12.2. The molecule has 0 N–H and O–H groups in total. The van der Waals surface area contributed by atoms with Gasteiger partial charge in [0, 0.05) is 42.7 Å². The van der Waals surface area contributed by atoms with Gasteiger partial charge in [0.15, 0.2) is 0 Å². The van der Waals surface area contributed by atoms with Crippen LogP contribution in [0, 0.1) is 5.82 Å². The van der Waals surface area contributed by atoms with Crippen LogP contribution in [0.15, 0.2) is 61.1 Å². The second-order valence-corrected chi connectivity index (χ2v) is 6.64. The van der Waals surface area contributed by atoms with E-state index in [9.17, 15) is 9.18 Å². The molecule has 0 unspecified atom stereocenters. The largest absolute Gasteiger partial charge is 0.337 e. The summed E-state index contributed by atoms with van der Waals surface area (Å²) in [6.07, 6.45) is 6.48. The van der Waals surface area contributed by atoms with E-state index >= 15 is 0 Å². The van der Waals surface area contributed by atoms with E-state index in [-0.39, 0.29) is 17.6 Å². The Hall–Kier alpha value is -3.15. The topological polar surface area (TPSA) is 59.0 Å². The first-order valence-corrected chi connectivity index (χ1v) is 8.99. The number of carbonyl (C=O) groups excluding carboxylic acids is 1. The molecule has 136 valence electrons. The highest BCUT2D eigenvalue weighted by molar-refractivity contribution is 5.92. The van der Waals surface area contributed by atoms with Crippen molar-refractivity contribution in [1.82, 2.24) is 19.9 Å². The highest BCUT2D eigenvalue weighted by Gasteiger charge is 2.27.